The molecule has 0 aliphatic heterocycles. The monoisotopic (exact) mass is 212 g/mol. The highest BCUT2D eigenvalue weighted by atomic mass is 16.5. The summed E-state index contributed by atoms with van der Waals surface area (Å²) in [6.45, 7) is 3.84. The molecule has 0 aromatic carbocycles. The van der Waals surface area contributed by atoms with E-state index in [1.165, 1.54) is 20.0 Å². The van der Waals surface area contributed by atoms with E-state index in [0.717, 1.165) is 12.8 Å². The molecule has 1 fully saturated rings. The SMILES string of the molecule is C=CC1(CC(O)CC(=O)OC)CCCC1. The number of methoxy groups -OCH3 is 1. The number of ether oxygens (including phenoxy) is 1. The molecule has 3 nitrogen and oxygen atoms in total. The lowest BCUT2D eigenvalue weighted by molar-refractivity contribution is -0.143. The number of aliphatic hydroxyl groups is 1. The molecule has 1 aliphatic carbocycles. The maximum Gasteiger partial charge on any atom is 0.308 e. The summed E-state index contributed by atoms with van der Waals surface area (Å²) in [5, 5.41) is 9.76. The summed E-state index contributed by atoms with van der Waals surface area (Å²) in [4.78, 5) is 11.0. The molecule has 0 aromatic heterocycles. The summed E-state index contributed by atoms with van der Waals surface area (Å²) in [6.07, 6.45) is 6.60. The van der Waals surface area contributed by atoms with Crippen molar-refractivity contribution in [2.75, 3.05) is 7.11 Å². The third-order valence-electron chi connectivity index (χ3n) is 3.30. The Morgan fingerprint density at radius 3 is 2.67 bits per heavy atom. The lowest BCUT2D eigenvalue weighted by Crippen LogP contribution is -2.24. The molecule has 0 radical (unpaired) electrons. The van der Waals surface area contributed by atoms with Gasteiger partial charge in [-0.1, -0.05) is 18.9 Å². The van der Waals surface area contributed by atoms with E-state index in [4.69, 9.17) is 0 Å². The molecule has 1 N–H and O–H groups in total. The number of esters is 1. The Balaban J connectivity index is 2.44. The van der Waals surface area contributed by atoms with Crippen molar-refractivity contribution in [2.45, 2.75) is 44.6 Å². The quantitative estimate of drug-likeness (QED) is 0.560. The first-order valence-corrected chi connectivity index (χ1v) is 5.50. The number of carbonyl (C=O) groups excluding carboxylic acids is 1. The molecule has 15 heavy (non-hydrogen) atoms. The van der Waals surface area contributed by atoms with Gasteiger partial charge in [-0.25, -0.2) is 0 Å². The summed E-state index contributed by atoms with van der Waals surface area (Å²) >= 11 is 0. The van der Waals surface area contributed by atoms with Crippen molar-refractivity contribution in [3.8, 4) is 0 Å². The van der Waals surface area contributed by atoms with Gasteiger partial charge in [-0.15, -0.1) is 6.58 Å². The number of allylic oxidation sites excluding steroid dienone is 1. The zero-order chi connectivity index (χ0) is 11.3. The molecule has 1 saturated carbocycles. The summed E-state index contributed by atoms with van der Waals surface area (Å²) in [7, 11) is 1.34. The molecular weight excluding hydrogens is 192 g/mol. The van der Waals surface area contributed by atoms with Crippen LogP contribution in [0.2, 0.25) is 0 Å². The molecule has 1 aliphatic rings. The molecule has 0 bridgehead atoms. The molecule has 0 spiro atoms. The largest absolute Gasteiger partial charge is 0.469 e. The van der Waals surface area contributed by atoms with Gasteiger partial charge in [0.25, 0.3) is 0 Å². The van der Waals surface area contributed by atoms with Gasteiger partial charge in [-0.2, -0.15) is 0 Å². The third kappa shape index (κ3) is 3.34. The number of rotatable bonds is 5. The van der Waals surface area contributed by atoms with Crippen LogP contribution in [0.5, 0.6) is 0 Å². The maximum absolute atomic E-state index is 11.0. The van der Waals surface area contributed by atoms with Crippen molar-refractivity contribution < 1.29 is 14.6 Å². The molecule has 1 atom stereocenters. The normalized spacial score (nSPS) is 20.9. The zero-order valence-electron chi connectivity index (χ0n) is 9.37. The van der Waals surface area contributed by atoms with Crippen LogP contribution < -0.4 is 0 Å². The lowest BCUT2D eigenvalue weighted by atomic mass is 9.80. The van der Waals surface area contributed by atoms with Crippen molar-refractivity contribution in [3.63, 3.8) is 0 Å². The number of hydrogen-bond acceptors (Lipinski definition) is 3. The molecule has 3 heteroatoms. The van der Waals surface area contributed by atoms with Crippen LogP contribution in [0.25, 0.3) is 0 Å². The molecule has 0 heterocycles. The van der Waals surface area contributed by atoms with Crippen molar-refractivity contribution >= 4 is 5.97 Å². The van der Waals surface area contributed by atoms with E-state index in [-0.39, 0.29) is 17.8 Å². The molecule has 0 amide bonds. The second-order valence-electron chi connectivity index (χ2n) is 4.41. The van der Waals surface area contributed by atoms with Gasteiger partial charge in [0, 0.05) is 0 Å². The van der Waals surface area contributed by atoms with Gasteiger partial charge in [-0.3, -0.25) is 4.79 Å². The first-order valence-electron chi connectivity index (χ1n) is 5.50. The highest BCUT2D eigenvalue weighted by Crippen LogP contribution is 2.43. The zero-order valence-corrected chi connectivity index (χ0v) is 9.37. The molecule has 0 aromatic rings. The highest BCUT2D eigenvalue weighted by Gasteiger charge is 2.33. The van der Waals surface area contributed by atoms with Gasteiger partial charge in [0.05, 0.1) is 19.6 Å². The lowest BCUT2D eigenvalue weighted by Gasteiger charge is -2.27. The van der Waals surface area contributed by atoms with Crippen molar-refractivity contribution in [2.24, 2.45) is 5.41 Å². The Kier molecular flexibility index (Phi) is 4.33. The van der Waals surface area contributed by atoms with Crippen LogP contribution in [-0.4, -0.2) is 24.3 Å². The Hall–Kier alpha value is -0.830. The van der Waals surface area contributed by atoms with Crippen LogP contribution in [0, 0.1) is 5.41 Å². The predicted octanol–water partition coefficient (Wildman–Crippen LogP) is 2.05. The van der Waals surface area contributed by atoms with Crippen LogP contribution in [0.4, 0.5) is 0 Å². The summed E-state index contributed by atoms with van der Waals surface area (Å²) in [5.74, 6) is -0.347. The van der Waals surface area contributed by atoms with Crippen LogP contribution in [0.1, 0.15) is 38.5 Å². The average Bonchev–Trinajstić information content (AvgIpc) is 2.66. The summed E-state index contributed by atoms with van der Waals surface area (Å²) in [6, 6.07) is 0. The van der Waals surface area contributed by atoms with Crippen LogP contribution in [0.15, 0.2) is 12.7 Å². The first-order chi connectivity index (χ1) is 7.12. The standard InChI is InChI=1S/C12H20O3/c1-3-12(6-4-5-7-12)9-10(13)8-11(14)15-2/h3,10,13H,1,4-9H2,2H3. The fraction of sp³-hybridized carbons (Fsp3) is 0.750. The first kappa shape index (κ1) is 12.2. The minimum Gasteiger partial charge on any atom is -0.469 e. The van der Waals surface area contributed by atoms with Gasteiger partial charge in [0.15, 0.2) is 0 Å². The van der Waals surface area contributed by atoms with Gasteiger partial charge in [0.1, 0.15) is 0 Å². The number of aliphatic hydroxyl groups excluding tert-OH is 1. The Bertz CT molecular complexity index is 229. The molecule has 1 rings (SSSR count). The van der Waals surface area contributed by atoms with Gasteiger partial charge < -0.3 is 9.84 Å². The second kappa shape index (κ2) is 5.31. The summed E-state index contributed by atoms with van der Waals surface area (Å²) in [5.41, 5.74) is 0.0490. The van der Waals surface area contributed by atoms with Crippen molar-refractivity contribution in [1.29, 1.82) is 0 Å². The number of hydrogen-bond donors (Lipinski definition) is 1. The fourth-order valence-electron chi connectivity index (χ4n) is 2.39. The Morgan fingerprint density at radius 1 is 1.60 bits per heavy atom. The van der Waals surface area contributed by atoms with Crippen LogP contribution >= 0.6 is 0 Å². The second-order valence-corrected chi connectivity index (χ2v) is 4.41. The summed E-state index contributed by atoms with van der Waals surface area (Å²) < 4.78 is 4.53. The maximum atomic E-state index is 11.0. The van der Waals surface area contributed by atoms with E-state index in [2.05, 4.69) is 11.3 Å². The van der Waals surface area contributed by atoms with E-state index >= 15 is 0 Å². The Morgan fingerprint density at radius 2 is 2.20 bits per heavy atom. The van der Waals surface area contributed by atoms with Crippen LogP contribution in [0.3, 0.4) is 0 Å². The smallest absolute Gasteiger partial charge is 0.308 e. The fourth-order valence-corrected chi connectivity index (χ4v) is 2.39. The molecule has 1 unspecified atom stereocenters. The number of carbonyl (C=O) groups is 1. The van der Waals surface area contributed by atoms with E-state index < -0.39 is 6.10 Å². The Labute approximate surface area is 91.1 Å². The molecule has 86 valence electrons. The van der Waals surface area contributed by atoms with E-state index in [9.17, 15) is 9.90 Å². The highest BCUT2D eigenvalue weighted by molar-refractivity contribution is 5.69. The van der Waals surface area contributed by atoms with E-state index in [1.54, 1.807) is 0 Å². The van der Waals surface area contributed by atoms with Crippen LogP contribution in [-0.2, 0) is 9.53 Å². The predicted molar refractivity (Wildman–Crippen MR) is 58.4 cm³/mol. The van der Waals surface area contributed by atoms with E-state index in [1.807, 2.05) is 6.08 Å². The third-order valence-corrected chi connectivity index (χ3v) is 3.30. The minimum absolute atomic E-state index is 0.0490. The van der Waals surface area contributed by atoms with Gasteiger partial charge in [0.2, 0.25) is 0 Å². The van der Waals surface area contributed by atoms with E-state index in [0.29, 0.717) is 6.42 Å². The average molecular weight is 212 g/mol. The van der Waals surface area contributed by atoms with Crippen molar-refractivity contribution in [1.82, 2.24) is 0 Å². The van der Waals surface area contributed by atoms with Gasteiger partial charge >= 0.3 is 5.97 Å². The minimum atomic E-state index is -0.603. The molecule has 0 saturated heterocycles. The topological polar surface area (TPSA) is 46.5 Å². The van der Waals surface area contributed by atoms with Gasteiger partial charge in [-0.05, 0) is 24.7 Å². The van der Waals surface area contributed by atoms with Crippen molar-refractivity contribution in [3.05, 3.63) is 12.7 Å². The molecular formula is C12H20O3.